The third-order valence-corrected chi connectivity index (χ3v) is 1.90. The number of nitrogens with two attached hydrogens (primary N) is 2. The van der Waals surface area contributed by atoms with Crippen molar-refractivity contribution < 1.29 is 17.9 Å². The van der Waals surface area contributed by atoms with Gasteiger partial charge in [0.1, 0.15) is 0 Å². The summed E-state index contributed by atoms with van der Waals surface area (Å²) in [7, 11) is 0. The van der Waals surface area contributed by atoms with Gasteiger partial charge in [-0.25, -0.2) is 0 Å². The summed E-state index contributed by atoms with van der Waals surface area (Å²) in [5.41, 5.74) is 11.4. The summed E-state index contributed by atoms with van der Waals surface area (Å²) in [5, 5.41) is 0. The van der Waals surface area contributed by atoms with Crippen molar-refractivity contribution in [2.45, 2.75) is 12.8 Å². The summed E-state index contributed by atoms with van der Waals surface area (Å²) < 4.78 is 39.6. The van der Waals surface area contributed by atoms with Crippen LogP contribution in [-0.4, -0.2) is 12.9 Å². The molecule has 1 rings (SSSR count). The second-order valence-electron chi connectivity index (χ2n) is 3.32. The molecular weight excluding hydrogens is 233 g/mol. The Labute approximate surface area is 96.9 Å². The number of rotatable bonds is 4. The van der Waals surface area contributed by atoms with Crippen LogP contribution >= 0.6 is 0 Å². The van der Waals surface area contributed by atoms with Gasteiger partial charge in [0.15, 0.2) is 5.75 Å². The zero-order chi connectivity index (χ0) is 12.9. The lowest BCUT2D eigenvalue weighted by Gasteiger charge is -2.11. The van der Waals surface area contributed by atoms with Crippen molar-refractivity contribution in [1.82, 2.24) is 0 Å². The maximum absolute atomic E-state index is 12.0. The largest absolute Gasteiger partial charge is 0.573 e. The van der Waals surface area contributed by atoms with Crippen LogP contribution in [0.2, 0.25) is 0 Å². The summed E-state index contributed by atoms with van der Waals surface area (Å²) in [6.45, 7) is 0.515. The molecule has 0 saturated heterocycles. The number of alkyl halides is 3. The highest BCUT2D eigenvalue weighted by molar-refractivity contribution is 5.61. The molecule has 0 radical (unpaired) electrons. The Hall–Kier alpha value is -1.69. The van der Waals surface area contributed by atoms with E-state index in [1.54, 1.807) is 6.08 Å². The molecule has 94 valence electrons. The van der Waals surface area contributed by atoms with Gasteiger partial charge >= 0.3 is 6.36 Å². The standard InChI is InChI=1S/C11H13F3N2O/c12-11(13,14)17-10-5-4-8(7-9(10)16)3-1-2-6-15/h1,3-5,7H,2,6,15-16H2. The molecule has 0 aliphatic heterocycles. The predicted molar refractivity (Wildman–Crippen MR) is 60.2 cm³/mol. The zero-order valence-corrected chi connectivity index (χ0v) is 9.00. The number of nitrogen functional groups attached to an aromatic ring is 1. The van der Waals surface area contributed by atoms with Crippen molar-refractivity contribution >= 4 is 11.8 Å². The molecule has 1 aromatic rings. The molecule has 4 N–H and O–H groups in total. The van der Waals surface area contributed by atoms with Crippen molar-refractivity contribution in [3.05, 3.63) is 29.8 Å². The van der Waals surface area contributed by atoms with E-state index in [0.717, 1.165) is 0 Å². The fourth-order valence-corrected chi connectivity index (χ4v) is 1.20. The van der Waals surface area contributed by atoms with Crippen LogP contribution in [0.5, 0.6) is 5.75 Å². The van der Waals surface area contributed by atoms with Crippen LogP contribution < -0.4 is 16.2 Å². The van der Waals surface area contributed by atoms with Gasteiger partial charge in [0.05, 0.1) is 5.69 Å². The van der Waals surface area contributed by atoms with Crippen molar-refractivity contribution in [3.63, 3.8) is 0 Å². The number of ether oxygens (including phenoxy) is 1. The average molecular weight is 246 g/mol. The second-order valence-corrected chi connectivity index (χ2v) is 3.32. The van der Waals surface area contributed by atoms with Gasteiger partial charge in [-0.05, 0) is 30.7 Å². The van der Waals surface area contributed by atoms with Crippen molar-refractivity contribution in [3.8, 4) is 5.75 Å². The number of anilines is 1. The van der Waals surface area contributed by atoms with E-state index in [2.05, 4.69) is 4.74 Å². The van der Waals surface area contributed by atoms with E-state index in [9.17, 15) is 13.2 Å². The van der Waals surface area contributed by atoms with Gasteiger partial charge in [-0.3, -0.25) is 0 Å². The molecule has 0 unspecified atom stereocenters. The summed E-state index contributed by atoms with van der Waals surface area (Å²) in [5.74, 6) is -0.395. The Morgan fingerprint density at radius 3 is 2.53 bits per heavy atom. The van der Waals surface area contributed by atoms with Crippen LogP contribution in [0.25, 0.3) is 6.08 Å². The zero-order valence-electron chi connectivity index (χ0n) is 9.00. The summed E-state index contributed by atoms with van der Waals surface area (Å²) >= 11 is 0. The summed E-state index contributed by atoms with van der Waals surface area (Å²) in [4.78, 5) is 0. The van der Waals surface area contributed by atoms with Crippen LogP contribution in [0.3, 0.4) is 0 Å². The second kappa shape index (κ2) is 5.58. The molecule has 0 atom stereocenters. The lowest BCUT2D eigenvalue weighted by molar-refractivity contribution is -0.274. The molecule has 0 fully saturated rings. The van der Waals surface area contributed by atoms with Crippen molar-refractivity contribution in [2.24, 2.45) is 5.73 Å². The smallest absolute Gasteiger partial charge is 0.404 e. The minimum Gasteiger partial charge on any atom is -0.404 e. The SMILES string of the molecule is NCCC=Cc1ccc(OC(F)(F)F)c(N)c1. The Morgan fingerprint density at radius 2 is 2.00 bits per heavy atom. The first-order chi connectivity index (χ1) is 7.92. The van der Waals surface area contributed by atoms with Gasteiger partial charge < -0.3 is 16.2 Å². The highest BCUT2D eigenvalue weighted by Crippen LogP contribution is 2.29. The molecule has 3 nitrogen and oxygen atoms in total. The molecule has 1 aromatic carbocycles. The molecule has 0 spiro atoms. The highest BCUT2D eigenvalue weighted by Gasteiger charge is 2.31. The molecule has 0 amide bonds. The van der Waals surface area contributed by atoms with Gasteiger partial charge in [0.25, 0.3) is 0 Å². The number of hydrogen-bond donors (Lipinski definition) is 2. The molecular formula is C11H13F3N2O. The van der Waals surface area contributed by atoms with Gasteiger partial charge in [0, 0.05) is 0 Å². The Morgan fingerprint density at radius 1 is 1.29 bits per heavy atom. The minimum atomic E-state index is -4.73. The third-order valence-electron chi connectivity index (χ3n) is 1.90. The van der Waals surface area contributed by atoms with Crippen LogP contribution in [0.4, 0.5) is 18.9 Å². The van der Waals surface area contributed by atoms with Crippen LogP contribution in [0.15, 0.2) is 24.3 Å². The van der Waals surface area contributed by atoms with Gasteiger partial charge in [0.2, 0.25) is 0 Å². The topological polar surface area (TPSA) is 61.3 Å². The molecule has 0 bridgehead atoms. The molecule has 0 heterocycles. The lowest BCUT2D eigenvalue weighted by Crippen LogP contribution is -2.18. The maximum Gasteiger partial charge on any atom is 0.573 e. The minimum absolute atomic E-state index is 0.0581. The molecule has 0 aliphatic carbocycles. The number of hydrogen-bond acceptors (Lipinski definition) is 3. The Bertz CT molecular complexity index is 402. The van der Waals surface area contributed by atoms with E-state index in [-0.39, 0.29) is 5.69 Å². The third kappa shape index (κ3) is 4.78. The Kier molecular flexibility index (Phi) is 4.39. The number of halogens is 3. The van der Waals surface area contributed by atoms with Crippen LogP contribution in [0, 0.1) is 0 Å². The van der Waals surface area contributed by atoms with Crippen LogP contribution in [0.1, 0.15) is 12.0 Å². The highest BCUT2D eigenvalue weighted by atomic mass is 19.4. The fourth-order valence-electron chi connectivity index (χ4n) is 1.20. The molecule has 0 saturated carbocycles. The molecule has 17 heavy (non-hydrogen) atoms. The summed E-state index contributed by atoms with van der Waals surface area (Å²) in [6.07, 6.45) is -0.481. The lowest BCUT2D eigenvalue weighted by atomic mass is 10.1. The predicted octanol–water partition coefficient (Wildman–Crippen LogP) is 2.53. The van der Waals surface area contributed by atoms with E-state index >= 15 is 0 Å². The maximum atomic E-state index is 12.0. The first-order valence-corrected chi connectivity index (χ1v) is 4.94. The van der Waals surface area contributed by atoms with E-state index in [0.29, 0.717) is 18.5 Å². The van der Waals surface area contributed by atoms with Gasteiger partial charge in [-0.2, -0.15) is 0 Å². The van der Waals surface area contributed by atoms with E-state index in [4.69, 9.17) is 11.5 Å². The quantitative estimate of drug-likeness (QED) is 0.802. The monoisotopic (exact) mass is 246 g/mol. The van der Waals surface area contributed by atoms with E-state index < -0.39 is 12.1 Å². The van der Waals surface area contributed by atoms with Crippen LogP contribution in [-0.2, 0) is 0 Å². The van der Waals surface area contributed by atoms with E-state index in [1.165, 1.54) is 18.2 Å². The fraction of sp³-hybridized carbons (Fsp3) is 0.273. The van der Waals surface area contributed by atoms with Gasteiger partial charge in [-0.1, -0.05) is 18.2 Å². The Balaban J connectivity index is 2.79. The first kappa shape index (κ1) is 13.4. The molecule has 0 aromatic heterocycles. The van der Waals surface area contributed by atoms with E-state index in [1.807, 2.05) is 6.08 Å². The van der Waals surface area contributed by atoms with Crippen molar-refractivity contribution in [1.29, 1.82) is 0 Å². The van der Waals surface area contributed by atoms with Crippen molar-refractivity contribution in [2.75, 3.05) is 12.3 Å². The normalized spacial score (nSPS) is 12.0. The molecule has 0 aliphatic rings. The summed E-state index contributed by atoms with van der Waals surface area (Å²) in [6, 6.07) is 4.09. The first-order valence-electron chi connectivity index (χ1n) is 4.94. The average Bonchev–Trinajstić information content (AvgIpc) is 2.21. The molecule has 6 heteroatoms. The van der Waals surface area contributed by atoms with Gasteiger partial charge in [-0.15, -0.1) is 13.2 Å². The number of benzene rings is 1.